The minimum atomic E-state index is -2.19. The number of hydrogen-bond donors (Lipinski definition) is 3. The number of aliphatic hydroxyl groups excluding tert-OH is 2. The van der Waals surface area contributed by atoms with E-state index >= 15 is 0 Å². The second-order valence-electron chi connectivity index (χ2n) is 12.6. The number of ketones is 1. The number of fused-ring (bicyclic) bond motifs is 3. The zero-order chi connectivity index (χ0) is 26.0. The molecule has 0 radical (unpaired) electrons. The zero-order valence-electron chi connectivity index (χ0n) is 22.3. The van der Waals surface area contributed by atoms with Crippen LogP contribution in [0, 0.1) is 16.7 Å². The third kappa shape index (κ3) is 4.07. The summed E-state index contributed by atoms with van der Waals surface area (Å²) in [6.07, 6.45) is 1.89. The number of esters is 1. The van der Waals surface area contributed by atoms with Crippen LogP contribution in [0.15, 0.2) is 12.7 Å². The molecule has 9 heteroatoms. The molecule has 2 aliphatic carbocycles. The molecule has 0 aromatic rings. The van der Waals surface area contributed by atoms with Crippen LogP contribution in [0.5, 0.6) is 0 Å². The van der Waals surface area contributed by atoms with Crippen LogP contribution in [0.2, 0.25) is 0 Å². The number of rotatable bonds is 4. The molecule has 0 bridgehead atoms. The van der Waals surface area contributed by atoms with Gasteiger partial charge in [0, 0.05) is 17.8 Å². The second-order valence-corrected chi connectivity index (χ2v) is 12.6. The lowest BCUT2D eigenvalue weighted by atomic mass is 9.40. The van der Waals surface area contributed by atoms with Crippen molar-refractivity contribution in [3.05, 3.63) is 12.7 Å². The van der Waals surface area contributed by atoms with Crippen molar-refractivity contribution in [3.63, 3.8) is 0 Å². The molecule has 2 aliphatic heterocycles. The second kappa shape index (κ2) is 9.62. The van der Waals surface area contributed by atoms with E-state index in [0.29, 0.717) is 12.8 Å². The number of piperidine rings is 1. The summed E-state index contributed by atoms with van der Waals surface area (Å²) in [5.74, 6) is -1.65. The smallest absolute Gasteiger partial charge is 0.320 e. The Morgan fingerprint density at radius 3 is 2.36 bits per heavy atom. The lowest BCUT2D eigenvalue weighted by Gasteiger charge is -2.71. The molecule has 4 rings (SSSR count). The van der Waals surface area contributed by atoms with Gasteiger partial charge in [-0.2, -0.15) is 0 Å². The van der Waals surface area contributed by atoms with E-state index in [9.17, 15) is 24.9 Å². The minimum Gasteiger partial charge on any atom is -0.458 e. The van der Waals surface area contributed by atoms with E-state index in [4.69, 9.17) is 9.47 Å². The van der Waals surface area contributed by atoms with Gasteiger partial charge in [-0.25, -0.2) is 0 Å². The van der Waals surface area contributed by atoms with Crippen molar-refractivity contribution in [2.75, 3.05) is 19.6 Å². The summed E-state index contributed by atoms with van der Waals surface area (Å²) in [7, 11) is 0. The molecular weight excluding hydrogens is 486 g/mol. The van der Waals surface area contributed by atoms with E-state index < -0.39 is 63.6 Å². The fraction of sp³-hybridized carbons (Fsp3) is 0.852. The van der Waals surface area contributed by atoms with Crippen LogP contribution in [-0.2, 0) is 19.1 Å². The zero-order valence-corrected chi connectivity index (χ0v) is 23.1. The summed E-state index contributed by atoms with van der Waals surface area (Å²) >= 11 is 0. The maximum Gasteiger partial charge on any atom is 0.320 e. The number of carbonyl (C=O) groups is 2. The Bertz CT molecular complexity index is 891. The van der Waals surface area contributed by atoms with Crippen molar-refractivity contribution in [1.29, 1.82) is 0 Å². The van der Waals surface area contributed by atoms with E-state index in [2.05, 4.69) is 11.5 Å². The number of carbonyl (C=O) groups excluding carboxylic acids is 2. The quantitative estimate of drug-likeness (QED) is 0.375. The molecule has 4 fully saturated rings. The molecule has 8 atom stereocenters. The third-order valence-electron chi connectivity index (χ3n) is 9.81. The van der Waals surface area contributed by atoms with Crippen molar-refractivity contribution < 1.29 is 34.4 Å². The Hall–Kier alpha value is -1.03. The third-order valence-corrected chi connectivity index (χ3v) is 9.81. The highest BCUT2D eigenvalue weighted by molar-refractivity contribution is 5.92. The molecule has 2 heterocycles. The number of Topliss-reactive ketones (excluding diaryl/α,β-unsaturated/α-hetero) is 1. The highest BCUT2D eigenvalue weighted by atomic mass is 35.5. The maximum atomic E-state index is 13.8. The number of likely N-dealkylation sites (tertiary alicyclic amines) is 1. The summed E-state index contributed by atoms with van der Waals surface area (Å²) in [6.45, 7) is 14.4. The van der Waals surface area contributed by atoms with Gasteiger partial charge in [0.15, 0.2) is 11.4 Å². The van der Waals surface area contributed by atoms with Gasteiger partial charge in [0.2, 0.25) is 0 Å². The fourth-order valence-corrected chi connectivity index (χ4v) is 7.89. The Labute approximate surface area is 220 Å². The molecular formula is C27H44ClNO7. The highest BCUT2D eigenvalue weighted by Crippen LogP contribution is 2.67. The molecule has 0 unspecified atom stereocenters. The Morgan fingerprint density at radius 2 is 1.78 bits per heavy atom. The number of halogens is 1. The lowest BCUT2D eigenvalue weighted by molar-refractivity contribution is -0.370. The fourth-order valence-electron chi connectivity index (χ4n) is 7.89. The summed E-state index contributed by atoms with van der Waals surface area (Å²) in [6, 6.07) is 0. The summed E-state index contributed by atoms with van der Waals surface area (Å²) in [5, 5.41) is 35.5. The van der Waals surface area contributed by atoms with Gasteiger partial charge < -0.3 is 24.8 Å². The van der Waals surface area contributed by atoms with Gasteiger partial charge in [0.1, 0.15) is 17.8 Å². The first-order valence-electron chi connectivity index (χ1n) is 13.0. The molecule has 8 nitrogen and oxygen atoms in total. The monoisotopic (exact) mass is 529 g/mol. The highest BCUT2D eigenvalue weighted by Gasteiger charge is 2.81. The van der Waals surface area contributed by atoms with Crippen LogP contribution in [0.25, 0.3) is 0 Å². The molecule has 4 aliphatic rings. The van der Waals surface area contributed by atoms with E-state index in [1.54, 1.807) is 13.8 Å². The number of hydrogen-bond acceptors (Lipinski definition) is 8. The van der Waals surface area contributed by atoms with Gasteiger partial charge in [-0.1, -0.05) is 33.3 Å². The lowest BCUT2D eigenvalue weighted by Crippen LogP contribution is -2.86. The predicted molar refractivity (Wildman–Crippen MR) is 137 cm³/mol. The average Bonchev–Trinajstić information content (AvgIpc) is 2.78. The first-order valence-corrected chi connectivity index (χ1v) is 13.0. The van der Waals surface area contributed by atoms with Crippen molar-refractivity contribution in [1.82, 2.24) is 4.90 Å². The average molecular weight is 530 g/mol. The topological polar surface area (TPSA) is 117 Å². The van der Waals surface area contributed by atoms with Crippen molar-refractivity contribution >= 4 is 24.2 Å². The molecule has 0 spiro atoms. The SMILES string of the molecule is C=C[C@@]1(C)CC(=O)[C@]2(O)[C@@]3(C)[C@@H](O)CCC(C)(C)[C@@H]3[C@H](OC(=O)CN3CCCCC3)[C@H](O)[C@@]2(C)O1.Cl. The van der Waals surface area contributed by atoms with Gasteiger partial charge in [0.05, 0.1) is 18.2 Å². The summed E-state index contributed by atoms with van der Waals surface area (Å²) < 4.78 is 12.4. The maximum absolute atomic E-state index is 13.8. The van der Waals surface area contributed by atoms with E-state index in [1.165, 1.54) is 13.0 Å². The molecule has 2 saturated heterocycles. The van der Waals surface area contributed by atoms with E-state index in [0.717, 1.165) is 32.4 Å². The summed E-state index contributed by atoms with van der Waals surface area (Å²) in [4.78, 5) is 29.0. The normalized spacial score (nSPS) is 46.6. The number of nitrogens with zero attached hydrogens (tertiary/aromatic N) is 1. The van der Waals surface area contributed by atoms with Gasteiger partial charge in [0.25, 0.3) is 0 Å². The molecule has 2 saturated carbocycles. The first-order chi connectivity index (χ1) is 16.2. The van der Waals surface area contributed by atoms with Gasteiger partial charge in [-0.05, 0) is 58.0 Å². The van der Waals surface area contributed by atoms with Gasteiger partial charge >= 0.3 is 5.97 Å². The van der Waals surface area contributed by atoms with Crippen LogP contribution in [0.4, 0.5) is 0 Å². The van der Waals surface area contributed by atoms with Crippen LogP contribution in [0.3, 0.4) is 0 Å². The van der Waals surface area contributed by atoms with Gasteiger partial charge in [-0.15, -0.1) is 19.0 Å². The molecule has 0 amide bonds. The Morgan fingerprint density at radius 1 is 1.17 bits per heavy atom. The number of aliphatic hydroxyl groups is 3. The summed E-state index contributed by atoms with van der Waals surface area (Å²) in [5.41, 5.74) is -7.11. The molecule has 0 aromatic carbocycles. The van der Waals surface area contributed by atoms with Gasteiger partial charge in [-0.3, -0.25) is 14.5 Å². The van der Waals surface area contributed by atoms with Crippen molar-refractivity contribution in [2.24, 2.45) is 16.7 Å². The van der Waals surface area contributed by atoms with Crippen LogP contribution < -0.4 is 0 Å². The molecule has 206 valence electrons. The first kappa shape index (κ1) is 29.5. The molecule has 36 heavy (non-hydrogen) atoms. The van der Waals surface area contributed by atoms with Crippen LogP contribution >= 0.6 is 12.4 Å². The largest absolute Gasteiger partial charge is 0.458 e. The minimum absolute atomic E-state index is 0. The van der Waals surface area contributed by atoms with E-state index in [-0.39, 0.29) is 25.4 Å². The van der Waals surface area contributed by atoms with E-state index in [1.807, 2.05) is 13.8 Å². The van der Waals surface area contributed by atoms with Crippen LogP contribution in [-0.4, -0.2) is 86.7 Å². The Kier molecular flexibility index (Phi) is 7.89. The molecule has 0 aromatic heterocycles. The number of ether oxygens (including phenoxy) is 2. The predicted octanol–water partition coefficient (Wildman–Crippen LogP) is 2.41. The molecule has 3 N–H and O–H groups in total. The standard InChI is InChI=1S/C27H43NO7.ClH/c1-7-24(4)15-18(30)27(33)25(5)17(29)11-12-23(2,3)21(25)20(22(32)26(27,6)35-24)34-19(31)16-28-13-9-8-10-14-28;/h7,17,20-22,29,32-33H,1,8-16H2,2-6H3;1H/t17-,20-,21-,22-,24-,25-,26+,27-;/m0./s1. The van der Waals surface area contributed by atoms with Crippen LogP contribution in [0.1, 0.15) is 73.1 Å². The van der Waals surface area contributed by atoms with Crippen molar-refractivity contribution in [3.8, 4) is 0 Å². The van der Waals surface area contributed by atoms with Crippen molar-refractivity contribution in [2.45, 2.75) is 108 Å². The Balaban J connectivity index is 0.00000361.